The SMILES string of the molecule is CN1CCN(CCN2CCCC(C(C)(C)C(=O)O)C2)CC1. The second-order valence-corrected chi connectivity index (χ2v) is 7.31. The second-order valence-electron chi connectivity index (χ2n) is 7.31. The average Bonchev–Trinajstić information content (AvgIpc) is 2.47. The van der Waals surface area contributed by atoms with Crippen LogP contribution >= 0.6 is 0 Å². The van der Waals surface area contributed by atoms with Gasteiger partial charge < -0.3 is 14.9 Å². The van der Waals surface area contributed by atoms with Gasteiger partial charge in [-0.05, 0) is 46.2 Å². The normalized spacial score (nSPS) is 26.9. The van der Waals surface area contributed by atoms with Crippen LogP contribution in [0, 0.1) is 11.3 Å². The fraction of sp³-hybridized carbons (Fsp3) is 0.938. The predicted molar refractivity (Wildman–Crippen MR) is 84.5 cm³/mol. The van der Waals surface area contributed by atoms with E-state index in [2.05, 4.69) is 21.7 Å². The minimum atomic E-state index is -0.659. The Morgan fingerprint density at radius 1 is 1.10 bits per heavy atom. The Hall–Kier alpha value is -0.650. The molecule has 5 heteroatoms. The summed E-state index contributed by atoms with van der Waals surface area (Å²) in [6.07, 6.45) is 2.18. The van der Waals surface area contributed by atoms with Crippen LogP contribution in [0.15, 0.2) is 0 Å². The highest BCUT2D eigenvalue weighted by molar-refractivity contribution is 5.74. The third-order valence-corrected chi connectivity index (χ3v) is 5.41. The summed E-state index contributed by atoms with van der Waals surface area (Å²) in [4.78, 5) is 18.8. The molecular formula is C16H31N3O2. The predicted octanol–water partition coefficient (Wildman–Crippen LogP) is 1.06. The van der Waals surface area contributed by atoms with Crippen molar-refractivity contribution in [1.29, 1.82) is 0 Å². The number of aliphatic carboxylic acids is 1. The van der Waals surface area contributed by atoms with Crippen molar-refractivity contribution in [3.8, 4) is 0 Å². The summed E-state index contributed by atoms with van der Waals surface area (Å²) < 4.78 is 0. The maximum Gasteiger partial charge on any atom is 0.309 e. The zero-order chi connectivity index (χ0) is 15.5. The summed E-state index contributed by atoms with van der Waals surface area (Å²) in [5, 5.41) is 9.41. The van der Waals surface area contributed by atoms with Crippen LogP contribution < -0.4 is 0 Å². The lowest BCUT2D eigenvalue weighted by atomic mass is 9.74. The second kappa shape index (κ2) is 7.07. The number of carboxylic acids is 1. The molecule has 1 N–H and O–H groups in total. The van der Waals surface area contributed by atoms with Crippen molar-refractivity contribution in [2.24, 2.45) is 11.3 Å². The van der Waals surface area contributed by atoms with E-state index in [4.69, 9.17) is 0 Å². The lowest BCUT2D eigenvalue weighted by molar-refractivity contribution is -0.151. The van der Waals surface area contributed by atoms with Crippen molar-refractivity contribution < 1.29 is 9.90 Å². The molecule has 2 heterocycles. The Labute approximate surface area is 128 Å². The average molecular weight is 297 g/mol. The number of hydrogen-bond donors (Lipinski definition) is 1. The van der Waals surface area contributed by atoms with Gasteiger partial charge in [0.1, 0.15) is 0 Å². The molecule has 5 nitrogen and oxygen atoms in total. The molecule has 1 atom stereocenters. The van der Waals surface area contributed by atoms with E-state index in [9.17, 15) is 9.90 Å². The van der Waals surface area contributed by atoms with Crippen molar-refractivity contribution in [2.75, 3.05) is 59.4 Å². The molecule has 2 saturated heterocycles. The Morgan fingerprint density at radius 2 is 1.71 bits per heavy atom. The zero-order valence-electron chi connectivity index (χ0n) is 13.8. The summed E-state index contributed by atoms with van der Waals surface area (Å²) in [6.45, 7) is 12.7. The molecule has 122 valence electrons. The van der Waals surface area contributed by atoms with E-state index in [1.165, 1.54) is 0 Å². The number of likely N-dealkylation sites (N-methyl/N-ethyl adjacent to an activating group) is 1. The monoisotopic (exact) mass is 297 g/mol. The zero-order valence-corrected chi connectivity index (χ0v) is 13.8. The van der Waals surface area contributed by atoms with E-state index in [1.807, 2.05) is 13.8 Å². The molecule has 0 spiro atoms. The van der Waals surface area contributed by atoms with Crippen LogP contribution in [-0.2, 0) is 4.79 Å². The number of nitrogens with zero attached hydrogens (tertiary/aromatic N) is 3. The molecular weight excluding hydrogens is 266 g/mol. The Bertz CT molecular complexity index is 351. The first-order valence-corrected chi connectivity index (χ1v) is 8.26. The molecule has 0 aromatic rings. The molecule has 21 heavy (non-hydrogen) atoms. The van der Waals surface area contributed by atoms with E-state index in [1.54, 1.807) is 0 Å². The smallest absolute Gasteiger partial charge is 0.309 e. The number of likely N-dealkylation sites (tertiary alicyclic amines) is 1. The number of hydrogen-bond acceptors (Lipinski definition) is 4. The van der Waals surface area contributed by atoms with Crippen LogP contribution in [0.5, 0.6) is 0 Å². The molecule has 2 aliphatic heterocycles. The van der Waals surface area contributed by atoms with E-state index in [0.29, 0.717) is 0 Å². The van der Waals surface area contributed by atoms with Crippen molar-refractivity contribution in [2.45, 2.75) is 26.7 Å². The van der Waals surface area contributed by atoms with Gasteiger partial charge in [0.25, 0.3) is 0 Å². The van der Waals surface area contributed by atoms with Crippen molar-refractivity contribution >= 4 is 5.97 Å². The lowest BCUT2D eigenvalue weighted by Gasteiger charge is -2.40. The summed E-state index contributed by atoms with van der Waals surface area (Å²) in [6, 6.07) is 0. The van der Waals surface area contributed by atoms with E-state index in [-0.39, 0.29) is 5.92 Å². The van der Waals surface area contributed by atoms with Crippen molar-refractivity contribution in [1.82, 2.24) is 14.7 Å². The number of carboxylic acid groups (broad SMARTS) is 1. The van der Waals surface area contributed by atoms with Gasteiger partial charge in [-0.1, -0.05) is 0 Å². The summed E-state index contributed by atoms with van der Waals surface area (Å²) in [7, 11) is 2.18. The lowest BCUT2D eigenvalue weighted by Crippen LogP contribution is -2.49. The number of piperazine rings is 1. The molecule has 2 rings (SSSR count). The van der Waals surface area contributed by atoms with Crippen LogP contribution in [0.3, 0.4) is 0 Å². The summed E-state index contributed by atoms with van der Waals surface area (Å²) in [5.41, 5.74) is -0.605. The molecule has 2 aliphatic rings. The molecule has 0 bridgehead atoms. The summed E-state index contributed by atoms with van der Waals surface area (Å²) >= 11 is 0. The van der Waals surface area contributed by atoms with E-state index >= 15 is 0 Å². The van der Waals surface area contributed by atoms with E-state index in [0.717, 1.165) is 65.2 Å². The molecule has 2 fully saturated rings. The highest BCUT2D eigenvalue weighted by Crippen LogP contribution is 2.34. The topological polar surface area (TPSA) is 47.0 Å². The van der Waals surface area contributed by atoms with Gasteiger partial charge in [-0.15, -0.1) is 0 Å². The number of piperidine rings is 1. The third-order valence-electron chi connectivity index (χ3n) is 5.41. The quantitative estimate of drug-likeness (QED) is 0.822. The van der Waals surface area contributed by atoms with Crippen LogP contribution in [0.2, 0.25) is 0 Å². The first kappa shape index (κ1) is 16.7. The standard InChI is InChI=1S/C16H31N3O2/c1-16(2,15(20)21)14-5-4-6-19(13-14)12-11-18-9-7-17(3)8-10-18/h14H,4-13H2,1-3H3,(H,20,21). The first-order valence-electron chi connectivity index (χ1n) is 8.26. The molecule has 1 unspecified atom stereocenters. The first-order chi connectivity index (χ1) is 9.89. The van der Waals surface area contributed by atoms with E-state index < -0.39 is 11.4 Å². The fourth-order valence-electron chi connectivity index (χ4n) is 3.38. The third kappa shape index (κ3) is 4.41. The van der Waals surface area contributed by atoms with Gasteiger partial charge in [0.05, 0.1) is 5.41 Å². The Kier molecular flexibility index (Phi) is 5.63. The maximum atomic E-state index is 11.4. The van der Waals surface area contributed by atoms with Crippen LogP contribution in [0.25, 0.3) is 0 Å². The van der Waals surface area contributed by atoms with Gasteiger partial charge in [0.2, 0.25) is 0 Å². The van der Waals surface area contributed by atoms with Crippen molar-refractivity contribution in [3.05, 3.63) is 0 Å². The fourth-order valence-corrected chi connectivity index (χ4v) is 3.38. The molecule has 0 radical (unpaired) electrons. The summed E-state index contributed by atoms with van der Waals surface area (Å²) in [5.74, 6) is -0.385. The Morgan fingerprint density at radius 3 is 2.33 bits per heavy atom. The maximum absolute atomic E-state index is 11.4. The Balaban J connectivity index is 1.78. The minimum Gasteiger partial charge on any atom is -0.481 e. The highest BCUT2D eigenvalue weighted by Gasteiger charge is 2.38. The molecule has 0 aromatic heterocycles. The van der Waals surface area contributed by atoms with Crippen LogP contribution in [-0.4, -0.2) is 85.2 Å². The van der Waals surface area contributed by atoms with Gasteiger partial charge in [-0.3, -0.25) is 9.69 Å². The van der Waals surface area contributed by atoms with Crippen molar-refractivity contribution in [3.63, 3.8) is 0 Å². The van der Waals surface area contributed by atoms with Crippen LogP contribution in [0.1, 0.15) is 26.7 Å². The van der Waals surface area contributed by atoms with Gasteiger partial charge in [0.15, 0.2) is 0 Å². The number of rotatable bonds is 5. The highest BCUT2D eigenvalue weighted by atomic mass is 16.4. The van der Waals surface area contributed by atoms with Gasteiger partial charge in [0, 0.05) is 45.8 Å². The van der Waals surface area contributed by atoms with Crippen LogP contribution in [0.4, 0.5) is 0 Å². The number of carbonyl (C=O) groups is 1. The minimum absolute atomic E-state index is 0.274. The molecule has 0 aliphatic carbocycles. The molecule has 0 saturated carbocycles. The van der Waals surface area contributed by atoms with Gasteiger partial charge in [-0.25, -0.2) is 0 Å². The van der Waals surface area contributed by atoms with Gasteiger partial charge in [-0.2, -0.15) is 0 Å². The molecule has 0 amide bonds. The molecule has 0 aromatic carbocycles. The van der Waals surface area contributed by atoms with Gasteiger partial charge >= 0.3 is 5.97 Å². The largest absolute Gasteiger partial charge is 0.481 e.